The molecule has 0 amide bonds. The van der Waals surface area contributed by atoms with E-state index in [0.717, 1.165) is 6.07 Å². The third-order valence-electron chi connectivity index (χ3n) is 2.86. The lowest BCUT2D eigenvalue weighted by molar-refractivity contribution is 0.0395. The monoisotopic (exact) mass is 317 g/mol. The third kappa shape index (κ3) is 3.46. The summed E-state index contributed by atoms with van der Waals surface area (Å²) >= 11 is 0. The molecule has 2 aromatic rings. The summed E-state index contributed by atoms with van der Waals surface area (Å²) in [6.45, 7) is 0.974. The molecule has 0 saturated heterocycles. The zero-order valence-corrected chi connectivity index (χ0v) is 11.8. The molecular formula is C13H13F2NO4S. The van der Waals surface area contributed by atoms with E-state index in [2.05, 4.69) is 4.72 Å². The molecule has 1 atom stereocenters. The van der Waals surface area contributed by atoms with Crippen molar-refractivity contribution >= 4 is 10.0 Å². The summed E-state index contributed by atoms with van der Waals surface area (Å²) in [5.41, 5.74) is -1.57. The standard InChI is InChI=1S/C13H13F2NO4S/c1-13(17,12-3-2-6-20-12)8-16-21(18,19)9-4-5-10(14)11(15)7-9/h2-7,16-17H,8H2,1H3. The average Bonchev–Trinajstić information content (AvgIpc) is 2.94. The second kappa shape index (κ2) is 5.55. The Labute approximate surface area is 120 Å². The zero-order chi connectivity index (χ0) is 15.7. The van der Waals surface area contributed by atoms with Crippen LogP contribution >= 0.6 is 0 Å². The van der Waals surface area contributed by atoms with Gasteiger partial charge in [-0.2, -0.15) is 0 Å². The lowest BCUT2D eigenvalue weighted by Gasteiger charge is -2.21. The van der Waals surface area contributed by atoms with E-state index >= 15 is 0 Å². The van der Waals surface area contributed by atoms with Crippen LogP contribution in [0, 0.1) is 11.6 Å². The largest absolute Gasteiger partial charge is 0.466 e. The molecule has 0 aliphatic rings. The molecule has 1 heterocycles. The second-order valence-electron chi connectivity index (χ2n) is 4.65. The quantitative estimate of drug-likeness (QED) is 0.880. The summed E-state index contributed by atoms with van der Waals surface area (Å²) in [4.78, 5) is -0.434. The summed E-state index contributed by atoms with van der Waals surface area (Å²) in [6, 6.07) is 5.26. The fourth-order valence-electron chi connectivity index (χ4n) is 1.64. The Morgan fingerprint density at radius 1 is 1.29 bits per heavy atom. The highest BCUT2D eigenvalue weighted by Gasteiger charge is 2.29. The number of halogens is 2. The number of rotatable bonds is 5. The number of benzene rings is 1. The molecule has 0 fully saturated rings. The molecule has 0 aliphatic carbocycles. The molecule has 2 rings (SSSR count). The molecule has 1 aromatic carbocycles. The molecule has 0 aliphatic heterocycles. The van der Waals surface area contributed by atoms with E-state index in [-0.39, 0.29) is 12.3 Å². The van der Waals surface area contributed by atoms with Crippen LogP contribution in [0.5, 0.6) is 0 Å². The molecule has 8 heteroatoms. The van der Waals surface area contributed by atoms with Gasteiger partial charge < -0.3 is 9.52 Å². The van der Waals surface area contributed by atoms with Crippen molar-refractivity contribution in [2.24, 2.45) is 0 Å². The highest BCUT2D eigenvalue weighted by atomic mass is 32.2. The van der Waals surface area contributed by atoms with Gasteiger partial charge in [0, 0.05) is 6.54 Å². The first-order chi connectivity index (χ1) is 9.72. The van der Waals surface area contributed by atoms with Gasteiger partial charge in [-0.05, 0) is 37.3 Å². The second-order valence-corrected chi connectivity index (χ2v) is 6.42. The van der Waals surface area contributed by atoms with Gasteiger partial charge in [0.05, 0.1) is 11.2 Å². The Hall–Kier alpha value is -1.77. The minimum Gasteiger partial charge on any atom is -0.466 e. The predicted molar refractivity (Wildman–Crippen MR) is 69.8 cm³/mol. The number of sulfonamides is 1. The third-order valence-corrected chi connectivity index (χ3v) is 4.26. The predicted octanol–water partition coefficient (Wildman–Crippen LogP) is 1.74. The summed E-state index contributed by atoms with van der Waals surface area (Å²) in [7, 11) is -4.08. The smallest absolute Gasteiger partial charge is 0.240 e. The number of hydrogen-bond acceptors (Lipinski definition) is 4. The van der Waals surface area contributed by atoms with E-state index in [0.29, 0.717) is 12.1 Å². The van der Waals surface area contributed by atoms with Crippen molar-refractivity contribution in [3.05, 3.63) is 54.0 Å². The maximum atomic E-state index is 13.1. The molecule has 114 valence electrons. The lowest BCUT2D eigenvalue weighted by atomic mass is 10.1. The molecule has 0 spiro atoms. The van der Waals surface area contributed by atoms with E-state index in [4.69, 9.17) is 4.42 Å². The first-order valence-corrected chi connectivity index (χ1v) is 7.42. The first-order valence-electron chi connectivity index (χ1n) is 5.93. The summed E-state index contributed by atoms with van der Waals surface area (Å²) in [5.74, 6) is -2.23. The Kier molecular flexibility index (Phi) is 4.13. The molecule has 21 heavy (non-hydrogen) atoms. The average molecular weight is 317 g/mol. The van der Waals surface area contributed by atoms with Crippen molar-refractivity contribution in [1.29, 1.82) is 0 Å². The van der Waals surface area contributed by atoms with Crippen LogP contribution in [0.2, 0.25) is 0 Å². The molecule has 0 radical (unpaired) electrons. The summed E-state index contributed by atoms with van der Waals surface area (Å²) < 4.78 is 57.0. The maximum Gasteiger partial charge on any atom is 0.240 e. The number of furan rings is 1. The van der Waals surface area contributed by atoms with Crippen LogP contribution < -0.4 is 4.72 Å². The maximum absolute atomic E-state index is 13.1. The number of aliphatic hydroxyl groups is 1. The Balaban J connectivity index is 2.16. The Morgan fingerprint density at radius 3 is 2.57 bits per heavy atom. The number of hydrogen-bond donors (Lipinski definition) is 2. The van der Waals surface area contributed by atoms with Gasteiger partial charge in [-0.3, -0.25) is 0 Å². The minimum absolute atomic E-state index is 0.176. The van der Waals surface area contributed by atoms with Crippen LogP contribution in [0.4, 0.5) is 8.78 Å². The van der Waals surface area contributed by atoms with Gasteiger partial charge in [-0.25, -0.2) is 21.9 Å². The highest BCUT2D eigenvalue weighted by Crippen LogP contribution is 2.21. The van der Waals surface area contributed by atoms with Crippen molar-refractivity contribution in [1.82, 2.24) is 4.72 Å². The fraction of sp³-hybridized carbons (Fsp3) is 0.231. The lowest BCUT2D eigenvalue weighted by Crippen LogP contribution is -2.38. The van der Waals surface area contributed by atoms with Crippen LogP contribution in [0.15, 0.2) is 45.9 Å². The molecule has 1 aromatic heterocycles. The van der Waals surface area contributed by atoms with Gasteiger partial charge in [-0.1, -0.05) is 0 Å². The molecule has 5 nitrogen and oxygen atoms in total. The molecule has 2 N–H and O–H groups in total. The van der Waals surface area contributed by atoms with E-state index in [1.807, 2.05) is 0 Å². The summed E-state index contributed by atoms with van der Waals surface area (Å²) in [6.07, 6.45) is 1.34. The molecule has 0 saturated carbocycles. The van der Waals surface area contributed by atoms with Gasteiger partial charge in [-0.15, -0.1) is 0 Å². The highest BCUT2D eigenvalue weighted by molar-refractivity contribution is 7.89. The van der Waals surface area contributed by atoms with Crippen LogP contribution in [0.3, 0.4) is 0 Å². The topological polar surface area (TPSA) is 79.5 Å². The molecule has 0 bridgehead atoms. The first kappa shape index (κ1) is 15.6. The normalized spacial score (nSPS) is 14.9. The van der Waals surface area contributed by atoms with Crippen molar-refractivity contribution in [2.45, 2.75) is 17.4 Å². The van der Waals surface area contributed by atoms with Crippen LogP contribution in [-0.2, 0) is 15.6 Å². The van der Waals surface area contributed by atoms with Crippen LogP contribution in [-0.4, -0.2) is 20.1 Å². The molecular weight excluding hydrogens is 304 g/mol. The van der Waals surface area contributed by atoms with E-state index in [1.54, 1.807) is 6.07 Å². The van der Waals surface area contributed by atoms with Crippen LogP contribution in [0.1, 0.15) is 12.7 Å². The Bertz CT molecular complexity index is 727. The van der Waals surface area contributed by atoms with Crippen molar-refractivity contribution in [2.75, 3.05) is 6.54 Å². The number of nitrogens with one attached hydrogen (secondary N) is 1. The van der Waals surface area contributed by atoms with Gasteiger partial charge in [0.15, 0.2) is 11.6 Å². The molecule has 1 unspecified atom stereocenters. The van der Waals surface area contributed by atoms with Crippen molar-refractivity contribution in [3.8, 4) is 0 Å². The van der Waals surface area contributed by atoms with Crippen molar-refractivity contribution in [3.63, 3.8) is 0 Å². The van der Waals surface area contributed by atoms with Gasteiger partial charge >= 0.3 is 0 Å². The Morgan fingerprint density at radius 2 is 2.00 bits per heavy atom. The SMILES string of the molecule is CC(O)(CNS(=O)(=O)c1ccc(F)c(F)c1)c1ccco1. The zero-order valence-electron chi connectivity index (χ0n) is 11.0. The van der Waals surface area contributed by atoms with Gasteiger partial charge in [0.1, 0.15) is 11.4 Å². The fourth-order valence-corrected chi connectivity index (χ4v) is 2.78. The van der Waals surface area contributed by atoms with E-state index < -0.39 is 32.2 Å². The van der Waals surface area contributed by atoms with Gasteiger partial charge in [0.2, 0.25) is 10.0 Å². The summed E-state index contributed by atoms with van der Waals surface area (Å²) in [5, 5.41) is 10.1. The van der Waals surface area contributed by atoms with Crippen LogP contribution in [0.25, 0.3) is 0 Å². The van der Waals surface area contributed by atoms with E-state index in [1.165, 1.54) is 19.3 Å². The van der Waals surface area contributed by atoms with Crippen molar-refractivity contribution < 1.29 is 26.7 Å². The van der Waals surface area contributed by atoms with E-state index in [9.17, 15) is 22.3 Å². The van der Waals surface area contributed by atoms with Gasteiger partial charge in [0.25, 0.3) is 0 Å². The minimum atomic E-state index is -4.08.